The second-order valence-electron chi connectivity index (χ2n) is 1.03. The van der Waals surface area contributed by atoms with Crippen LogP contribution in [0.1, 0.15) is 6.42 Å². The lowest BCUT2D eigenvalue weighted by Crippen LogP contribution is -1.65. The van der Waals surface area contributed by atoms with E-state index in [2.05, 4.69) is 4.74 Å². The van der Waals surface area contributed by atoms with Crippen LogP contribution in [0.2, 0.25) is 0 Å². The highest BCUT2D eigenvalue weighted by molar-refractivity contribution is 6.28. The van der Waals surface area contributed by atoms with E-state index in [0.717, 1.165) is 6.42 Å². The van der Waals surface area contributed by atoms with Crippen LogP contribution in [0, 0.1) is 6.61 Å². The van der Waals surface area contributed by atoms with E-state index in [1.807, 2.05) is 6.08 Å². The van der Waals surface area contributed by atoms with Crippen molar-refractivity contribution in [3.63, 3.8) is 0 Å². The van der Waals surface area contributed by atoms with Crippen LogP contribution >= 0.6 is 11.6 Å². The summed E-state index contributed by atoms with van der Waals surface area (Å²) in [5, 5.41) is 0.495. The zero-order valence-electron chi connectivity index (χ0n) is 3.15. The summed E-state index contributed by atoms with van der Waals surface area (Å²) in [5.41, 5.74) is 0. The maximum Gasteiger partial charge on any atom is 0.183 e. The third-order valence-corrected chi connectivity index (χ3v) is 0.814. The largest absolute Gasteiger partial charge is 0.476 e. The van der Waals surface area contributed by atoms with Crippen LogP contribution in [-0.2, 0) is 4.74 Å². The highest BCUT2D eigenvalue weighted by atomic mass is 35.5. The third kappa shape index (κ3) is 0.658. The van der Waals surface area contributed by atoms with E-state index >= 15 is 0 Å². The lowest BCUT2D eigenvalue weighted by molar-refractivity contribution is 0.341. The summed E-state index contributed by atoms with van der Waals surface area (Å²) in [4.78, 5) is 0. The van der Waals surface area contributed by atoms with E-state index < -0.39 is 0 Å². The molecule has 0 N–H and O–H groups in total. The van der Waals surface area contributed by atoms with E-state index in [1.54, 1.807) is 6.61 Å². The molecule has 1 heterocycles. The van der Waals surface area contributed by atoms with Crippen molar-refractivity contribution in [3.05, 3.63) is 17.9 Å². The molecule has 2 heteroatoms. The maximum absolute atomic E-state index is 5.32. The molecule has 0 saturated carbocycles. The Hall–Kier alpha value is -0.170. The molecule has 1 rings (SSSR count). The molecule has 0 aromatic rings. The van der Waals surface area contributed by atoms with Crippen molar-refractivity contribution in [2.45, 2.75) is 6.42 Å². The summed E-state index contributed by atoms with van der Waals surface area (Å²) in [5.74, 6) is 0. The summed E-state index contributed by atoms with van der Waals surface area (Å²) < 4.78 is 4.65. The Balaban J connectivity index is 2.45. The molecule has 0 atom stereocenters. The molecule has 6 heavy (non-hydrogen) atoms. The first kappa shape index (κ1) is 4.00. The lowest BCUT2D eigenvalue weighted by Gasteiger charge is -1.85. The van der Waals surface area contributed by atoms with Gasteiger partial charge in [0.2, 0.25) is 0 Å². The molecule has 33 valence electrons. The van der Waals surface area contributed by atoms with Gasteiger partial charge in [-0.1, -0.05) is 0 Å². The fraction of sp³-hybridized carbons (Fsp3) is 0.250. The van der Waals surface area contributed by atoms with Gasteiger partial charge >= 0.3 is 0 Å². The van der Waals surface area contributed by atoms with Crippen LogP contribution in [0.5, 0.6) is 0 Å². The molecule has 1 aliphatic heterocycles. The Kier molecular flexibility index (Phi) is 1.01. The molecular weight excluding hydrogens is 99.5 g/mol. The van der Waals surface area contributed by atoms with E-state index in [-0.39, 0.29) is 0 Å². The Labute approximate surface area is 41.6 Å². The first-order valence-electron chi connectivity index (χ1n) is 1.73. The molecule has 0 aromatic heterocycles. The summed E-state index contributed by atoms with van der Waals surface area (Å²) in [6.45, 7) is 1.66. The van der Waals surface area contributed by atoms with Gasteiger partial charge < -0.3 is 4.74 Å². The van der Waals surface area contributed by atoms with Crippen LogP contribution in [-0.4, -0.2) is 0 Å². The fourth-order valence-corrected chi connectivity index (χ4v) is 0.469. The second kappa shape index (κ2) is 1.52. The fourth-order valence-electron chi connectivity index (χ4n) is 0.317. The van der Waals surface area contributed by atoms with Crippen molar-refractivity contribution in [1.82, 2.24) is 0 Å². The predicted molar refractivity (Wildman–Crippen MR) is 23.9 cm³/mol. The molecule has 0 spiro atoms. The Morgan fingerprint density at radius 1 is 1.83 bits per heavy atom. The maximum atomic E-state index is 5.32. The van der Waals surface area contributed by atoms with Gasteiger partial charge in [-0.15, -0.1) is 0 Å². The summed E-state index contributed by atoms with van der Waals surface area (Å²) in [7, 11) is 0. The summed E-state index contributed by atoms with van der Waals surface area (Å²) >= 11 is 5.32. The average Bonchev–Trinajstić information content (AvgIpc) is 1.86. The first-order chi connectivity index (χ1) is 2.89. The van der Waals surface area contributed by atoms with Crippen LogP contribution in [0.3, 0.4) is 0 Å². The molecular formula is C4H4ClO. The van der Waals surface area contributed by atoms with Gasteiger partial charge in [-0.05, 0) is 17.7 Å². The number of hydrogen-bond acceptors (Lipinski definition) is 1. The molecule has 0 aromatic carbocycles. The Bertz CT molecular complexity index is 77.6. The van der Waals surface area contributed by atoms with Crippen molar-refractivity contribution in [3.8, 4) is 0 Å². The highest BCUT2D eigenvalue weighted by Crippen LogP contribution is 2.14. The van der Waals surface area contributed by atoms with Gasteiger partial charge in [0.05, 0.1) is 0 Å². The third-order valence-electron chi connectivity index (χ3n) is 0.570. The van der Waals surface area contributed by atoms with E-state index in [1.165, 1.54) is 0 Å². The molecule has 0 aliphatic carbocycles. The van der Waals surface area contributed by atoms with E-state index in [0.29, 0.717) is 5.22 Å². The highest BCUT2D eigenvalue weighted by Gasteiger charge is 1.98. The normalized spacial score (nSPS) is 19.8. The number of ether oxygens (including phenoxy) is 1. The van der Waals surface area contributed by atoms with Crippen molar-refractivity contribution in [2.24, 2.45) is 0 Å². The van der Waals surface area contributed by atoms with Gasteiger partial charge in [-0.3, -0.25) is 0 Å². The zero-order chi connectivity index (χ0) is 4.41. The van der Waals surface area contributed by atoms with Crippen LogP contribution in [0.4, 0.5) is 0 Å². The quantitative estimate of drug-likeness (QED) is 0.453. The van der Waals surface area contributed by atoms with Gasteiger partial charge in [0.1, 0.15) is 6.61 Å². The summed E-state index contributed by atoms with van der Waals surface area (Å²) in [6, 6.07) is 0. The Morgan fingerprint density at radius 3 is 2.83 bits per heavy atom. The van der Waals surface area contributed by atoms with E-state index in [4.69, 9.17) is 11.6 Å². The molecule has 0 fully saturated rings. The molecule has 0 unspecified atom stereocenters. The SMILES string of the molecule is ClC1=CC[CH]O1. The lowest BCUT2D eigenvalue weighted by atomic mass is 10.5. The van der Waals surface area contributed by atoms with Gasteiger partial charge in [0, 0.05) is 6.42 Å². The van der Waals surface area contributed by atoms with Crippen LogP contribution in [0.25, 0.3) is 0 Å². The molecule has 1 radical (unpaired) electrons. The van der Waals surface area contributed by atoms with Gasteiger partial charge in [0.25, 0.3) is 0 Å². The topological polar surface area (TPSA) is 9.23 Å². The summed E-state index contributed by atoms with van der Waals surface area (Å²) in [6.07, 6.45) is 2.65. The molecule has 0 amide bonds. The molecule has 0 bridgehead atoms. The van der Waals surface area contributed by atoms with Gasteiger partial charge in [-0.2, -0.15) is 0 Å². The molecule has 1 aliphatic rings. The van der Waals surface area contributed by atoms with Crippen molar-refractivity contribution in [1.29, 1.82) is 0 Å². The Morgan fingerprint density at radius 2 is 2.67 bits per heavy atom. The minimum Gasteiger partial charge on any atom is -0.476 e. The van der Waals surface area contributed by atoms with Crippen LogP contribution < -0.4 is 0 Å². The molecule has 0 saturated heterocycles. The van der Waals surface area contributed by atoms with Crippen molar-refractivity contribution >= 4 is 11.6 Å². The number of halogens is 1. The van der Waals surface area contributed by atoms with E-state index in [9.17, 15) is 0 Å². The smallest absolute Gasteiger partial charge is 0.183 e. The average molecular weight is 104 g/mol. The number of rotatable bonds is 0. The van der Waals surface area contributed by atoms with Crippen molar-refractivity contribution in [2.75, 3.05) is 0 Å². The second-order valence-corrected chi connectivity index (χ2v) is 1.40. The monoisotopic (exact) mass is 103 g/mol. The van der Waals surface area contributed by atoms with Gasteiger partial charge in [-0.25, -0.2) is 0 Å². The van der Waals surface area contributed by atoms with Gasteiger partial charge in [0.15, 0.2) is 5.22 Å². The minimum absolute atomic E-state index is 0.495. The standard InChI is InChI=1S/C4H4ClO/c5-4-2-1-3-6-4/h2-3H,1H2. The zero-order valence-corrected chi connectivity index (χ0v) is 3.90. The predicted octanol–water partition coefficient (Wildman–Crippen LogP) is 1.65. The first-order valence-corrected chi connectivity index (χ1v) is 2.11. The van der Waals surface area contributed by atoms with Crippen molar-refractivity contribution < 1.29 is 4.74 Å². The minimum atomic E-state index is 0.495. The van der Waals surface area contributed by atoms with Crippen LogP contribution in [0.15, 0.2) is 11.3 Å². The molecule has 1 nitrogen and oxygen atoms in total. The number of hydrogen-bond donors (Lipinski definition) is 0.